The average Bonchev–Trinajstić information content (AvgIpc) is 2.68. The van der Waals surface area contributed by atoms with Crippen molar-refractivity contribution in [2.75, 3.05) is 36.4 Å². The lowest BCUT2D eigenvalue weighted by molar-refractivity contribution is -0.914. The predicted octanol–water partition coefficient (Wildman–Crippen LogP) is 2.14. The van der Waals surface area contributed by atoms with E-state index in [1.54, 1.807) is 19.1 Å². The number of halogens is 3. The van der Waals surface area contributed by atoms with Gasteiger partial charge in [0, 0.05) is 5.69 Å². The number of hydrogen-bond donors (Lipinski definition) is 3. The van der Waals surface area contributed by atoms with E-state index in [9.17, 15) is 23.1 Å². The van der Waals surface area contributed by atoms with Gasteiger partial charge in [0.05, 0.1) is 37.4 Å². The SMILES string of the molecule is C[C@@H](C(=O)Nc1ccccc1C(F)(F)F)[NH+]1CCN(c2ccc(O)cc2)CC1. The number of rotatable bonds is 4. The van der Waals surface area contributed by atoms with E-state index < -0.39 is 23.7 Å². The van der Waals surface area contributed by atoms with Crippen LogP contribution >= 0.6 is 0 Å². The molecule has 3 N–H and O–H groups in total. The van der Waals surface area contributed by atoms with Crippen LogP contribution in [-0.2, 0) is 11.0 Å². The van der Waals surface area contributed by atoms with E-state index in [-0.39, 0.29) is 11.4 Å². The Hall–Kier alpha value is -2.74. The fraction of sp³-hybridized carbons (Fsp3) is 0.350. The van der Waals surface area contributed by atoms with Crippen LogP contribution in [-0.4, -0.2) is 43.2 Å². The highest BCUT2D eigenvalue weighted by atomic mass is 19.4. The van der Waals surface area contributed by atoms with Gasteiger partial charge in [0.15, 0.2) is 6.04 Å². The number of quaternary nitrogens is 1. The summed E-state index contributed by atoms with van der Waals surface area (Å²) in [6, 6.07) is 11.5. The van der Waals surface area contributed by atoms with Gasteiger partial charge < -0.3 is 20.2 Å². The maximum Gasteiger partial charge on any atom is 0.418 e. The number of carbonyl (C=O) groups is 1. The number of benzene rings is 2. The van der Waals surface area contributed by atoms with Crippen LogP contribution in [0.4, 0.5) is 24.5 Å². The zero-order chi connectivity index (χ0) is 20.3. The lowest BCUT2D eigenvalue weighted by Crippen LogP contribution is -3.19. The molecule has 1 aliphatic heterocycles. The molecule has 1 fully saturated rings. The Morgan fingerprint density at radius 1 is 1.11 bits per heavy atom. The quantitative estimate of drug-likeness (QED) is 0.745. The van der Waals surface area contributed by atoms with E-state index in [2.05, 4.69) is 10.2 Å². The normalized spacial score (nSPS) is 16.6. The molecule has 1 saturated heterocycles. The van der Waals surface area contributed by atoms with Crippen molar-refractivity contribution in [3.05, 3.63) is 54.1 Å². The monoisotopic (exact) mass is 394 g/mol. The van der Waals surface area contributed by atoms with Crippen molar-refractivity contribution in [1.82, 2.24) is 0 Å². The maximum atomic E-state index is 13.1. The molecule has 0 saturated carbocycles. The second-order valence-corrected chi connectivity index (χ2v) is 6.92. The Bertz CT molecular complexity index is 816. The van der Waals surface area contributed by atoms with E-state index in [1.807, 2.05) is 12.1 Å². The van der Waals surface area contributed by atoms with Crippen LogP contribution in [0.1, 0.15) is 12.5 Å². The Morgan fingerprint density at radius 3 is 2.32 bits per heavy atom. The van der Waals surface area contributed by atoms with Crippen LogP contribution in [0.3, 0.4) is 0 Å². The topological polar surface area (TPSA) is 57.0 Å². The highest BCUT2D eigenvalue weighted by Crippen LogP contribution is 2.34. The molecule has 28 heavy (non-hydrogen) atoms. The number of nitrogens with zero attached hydrogens (tertiary/aromatic N) is 1. The molecule has 1 heterocycles. The van der Waals surface area contributed by atoms with Gasteiger partial charge in [-0.1, -0.05) is 12.1 Å². The summed E-state index contributed by atoms with van der Waals surface area (Å²) in [6.07, 6.45) is -4.52. The Kier molecular flexibility index (Phi) is 5.79. The third-order valence-corrected chi connectivity index (χ3v) is 5.12. The van der Waals surface area contributed by atoms with Crippen LogP contribution in [0.5, 0.6) is 5.75 Å². The minimum absolute atomic E-state index is 0.206. The van der Waals surface area contributed by atoms with Crippen molar-refractivity contribution < 1.29 is 28.0 Å². The molecule has 0 aromatic heterocycles. The first-order valence-electron chi connectivity index (χ1n) is 9.11. The van der Waals surface area contributed by atoms with E-state index in [0.717, 1.165) is 29.7 Å². The largest absolute Gasteiger partial charge is 0.508 e. The summed E-state index contributed by atoms with van der Waals surface area (Å²) in [5.41, 5.74) is -0.0651. The zero-order valence-corrected chi connectivity index (χ0v) is 15.5. The first-order valence-corrected chi connectivity index (χ1v) is 9.11. The van der Waals surface area contributed by atoms with E-state index in [4.69, 9.17) is 0 Å². The molecule has 150 valence electrons. The number of phenolic OH excluding ortho intramolecular Hbond substituents is 1. The van der Waals surface area contributed by atoms with Gasteiger partial charge in [-0.25, -0.2) is 0 Å². The van der Waals surface area contributed by atoms with E-state index >= 15 is 0 Å². The molecule has 0 radical (unpaired) electrons. The lowest BCUT2D eigenvalue weighted by atomic mass is 10.1. The maximum absolute atomic E-state index is 13.1. The predicted molar refractivity (Wildman–Crippen MR) is 101 cm³/mol. The van der Waals surface area contributed by atoms with Crippen molar-refractivity contribution in [1.29, 1.82) is 0 Å². The van der Waals surface area contributed by atoms with Crippen molar-refractivity contribution in [2.45, 2.75) is 19.1 Å². The van der Waals surface area contributed by atoms with Gasteiger partial charge in [-0.2, -0.15) is 13.2 Å². The number of alkyl halides is 3. The fourth-order valence-electron chi connectivity index (χ4n) is 3.41. The number of hydrogen-bond acceptors (Lipinski definition) is 3. The van der Waals surface area contributed by atoms with Gasteiger partial charge in [0.2, 0.25) is 0 Å². The van der Waals surface area contributed by atoms with Crippen LogP contribution in [0.15, 0.2) is 48.5 Å². The third-order valence-electron chi connectivity index (χ3n) is 5.12. The van der Waals surface area contributed by atoms with Crippen LogP contribution in [0, 0.1) is 0 Å². The molecular weight excluding hydrogens is 371 g/mol. The summed E-state index contributed by atoms with van der Waals surface area (Å²) in [5.74, 6) is -0.220. The molecular formula is C20H23F3N3O2+. The fourth-order valence-corrected chi connectivity index (χ4v) is 3.41. The number of carbonyl (C=O) groups excluding carboxylic acids is 1. The molecule has 1 aliphatic rings. The molecule has 0 unspecified atom stereocenters. The molecule has 2 aromatic rings. The highest BCUT2D eigenvalue weighted by Gasteiger charge is 2.35. The van der Waals surface area contributed by atoms with Gasteiger partial charge >= 0.3 is 6.18 Å². The van der Waals surface area contributed by atoms with Crippen LogP contribution in [0.2, 0.25) is 0 Å². The third kappa shape index (κ3) is 4.56. The summed E-state index contributed by atoms with van der Waals surface area (Å²) in [4.78, 5) is 15.7. The molecule has 8 heteroatoms. The van der Waals surface area contributed by atoms with Crippen LogP contribution < -0.4 is 15.1 Å². The molecule has 0 aliphatic carbocycles. The molecule has 5 nitrogen and oxygen atoms in total. The minimum Gasteiger partial charge on any atom is -0.508 e. The summed E-state index contributed by atoms with van der Waals surface area (Å²) in [7, 11) is 0. The zero-order valence-electron chi connectivity index (χ0n) is 15.5. The van der Waals surface area contributed by atoms with Gasteiger partial charge in [0.25, 0.3) is 5.91 Å². The summed E-state index contributed by atoms with van der Waals surface area (Å²) in [5, 5.41) is 11.8. The Balaban J connectivity index is 1.60. The van der Waals surface area contributed by atoms with Crippen molar-refractivity contribution in [2.24, 2.45) is 0 Å². The number of phenols is 1. The van der Waals surface area contributed by atoms with E-state index in [1.165, 1.54) is 18.2 Å². The standard InChI is InChI=1S/C20H22F3N3O2/c1-14(19(28)24-18-5-3-2-4-17(18)20(21,22)23)25-10-12-26(13-11-25)15-6-8-16(27)9-7-15/h2-9,14,27H,10-13H2,1H3,(H,24,28)/p+1/t14-/m0/s1. The summed E-state index contributed by atoms with van der Waals surface area (Å²) in [6.45, 7) is 4.55. The molecule has 3 rings (SSSR count). The summed E-state index contributed by atoms with van der Waals surface area (Å²) < 4.78 is 39.3. The first kappa shape index (κ1) is 20.0. The molecule has 0 bridgehead atoms. The number of piperazine rings is 1. The molecule has 1 atom stereocenters. The second-order valence-electron chi connectivity index (χ2n) is 6.92. The highest BCUT2D eigenvalue weighted by molar-refractivity contribution is 5.94. The molecule has 1 amide bonds. The second kappa shape index (κ2) is 8.10. The summed E-state index contributed by atoms with van der Waals surface area (Å²) >= 11 is 0. The average molecular weight is 394 g/mol. The van der Waals surface area contributed by atoms with Gasteiger partial charge in [-0.05, 0) is 43.3 Å². The number of aromatic hydroxyl groups is 1. The number of nitrogens with one attached hydrogen (secondary N) is 2. The number of para-hydroxylation sites is 1. The van der Waals surface area contributed by atoms with Crippen molar-refractivity contribution >= 4 is 17.3 Å². The van der Waals surface area contributed by atoms with Gasteiger partial charge in [-0.3, -0.25) is 4.79 Å². The number of anilines is 2. The van der Waals surface area contributed by atoms with E-state index in [0.29, 0.717) is 13.1 Å². The van der Waals surface area contributed by atoms with Gasteiger partial charge in [-0.15, -0.1) is 0 Å². The lowest BCUT2D eigenvalue weighted by Gasteiger charge is -2.36. The molecule has 2 aromatic carbocycles. The Morgan fingerprint density at radius 2 is 1.71 bits per heavy atom. The minimum atomic E-state index is -4.52. The van der Waals surface area contributed by atoms with Crippen molar-refractivity contribution in [3.8, 4) is 5.75 Å². The number of amides is 1. The van der Waals surface area contributed by atoms with Crippen LogP contribution in [0.25, 0.3) is 0 Å². The van der Waals surface area contributed by atoms with Crippen molar-refractivity contribution in [3.63, 3.8) is 0 Å². The molecule has 0 spiro atoms. The smallest absolute Gasteiger partial charge is 0.418 e. The Labute approximate surface area is 161 Å². The first-order chi connectivity index (χ1) is 13.3. The van der Waals surface area contributed by atoms with Gasteiger partial charge in [0.1, 0.15) is 5.75 Å².